The fourth-order valence-electron chi connectivity index (χ4n) is 2.78. The Morgan fingerprint density at radius 1 is 1.54 bits per heavy atom. The van der Waals surface area contributed by atoms with Crippen molar-refractivity contribution in [2.24, 2.45) is 5.92 Å². The molecule has 1 amide bonds. The van der Waals surface area contributed by atoms with E-state index in [0.717, 1.165) is 0 Å². The first-order valence-electron chi connectivity index (χ1n) is 8.12. The first kappa shape index (κ1) is 19.0. The van der Waals surface area contributed by atoms with Crippen LogP contribution in [0.15, 0.2) is 11.1 Å². The van der Waals surface area contributed by atoms with Crippen molar-refractivity contribution in [1.82, 2.24) is 19.5 Å². The molecule has 0 saturated carbocycles. The van der Waals surface area contributed by atoms with Gasteiger partial charge in [0.15, 0.2) is 0 Å². The van der Waals surface area contributed by atoms with Gasteiger partial charge in [-0.25, -0.2) is 0 Å². The fourth-order valence-corrected chi connectivity index (χ4v) is 4.63. The Hall–Kier alpha value is -1.78. The van der Waals surface area contributed by atoms with Crippen LogP contribution >= 0.6 is 0 Å². The van der Waals surface area contributed by atoms with Crippen molar-refractivity contribution in [3.05, 3.63) is 16.7 Å². The SMILES string of the molecule is C[Se][C@@H]1[C@H](O)[C@@H](CO)O[C@H]1n1cnc2c(=O)[nH]c(NC(=O)C(C)C)nc21. The van der Waals surface area contributed by atoms with Gasteiger partial charge in [-0.3, -0.25) is 0 Å². The van der Waals surface area contributed by atoms with Crippen LogP contribution in [0.25, 0.3) is 11.2 Å². The summed E-state index contributed by atoms with van der Waals surface area (Å²) in [6, 6.07) is 0. The van der Waals surface area contributed by atoms with E-state index in [1.165, 1.54) is 6.33 Å². The quantitative estimate of drug-likeness (QED) is 0.469. The van der Waals surface area contributed by atoms with Crippen LogP contribution in [0.1, 0.15) is 20.1 Å². The number of fused-ring (bicyclic) bond motifs is 1. The van der Waals surface area contributed by atoms with Crippen LogP contribution in [-0.4, -0.2) is 69.4 Å². The van der Waals surface area contributed by atoms with Crippen molar-refractivity contribution < 1.29 is 19.7 Å². The number of carbonyl (C=O) groups is 1. The molecule has 2 aromatic heterocycles. The van der Waals surface area contributed by atoms with E-state index in [1.54, 1.807) is 18.4 Å². The first-order valence-corrected chi connectivity index (χ1v) is 10.8. The second-order valence-corrected chi connectivity index (χ2v) is 8.45. The van der Waals surface area contributed by atoms with E-state index in [0.29, 0.717) is 0 Å². The normalized spacial score (nSPS) is 25.9. The number of rotatable bonds is 5. The number of amides is 1. The topological polar surface area (TPSA) is 142 Å². The van der Waals surface area contributed by atoms with Crippen molar-refractivity contribution in [3.8, 4) is 0 Å². The molecule has 0 aliphatic carbocycles. The summed E-state index contributed by atoms with van der Waals surface area (Å²) in [4.78, 5) is 34.8. The van der Waals surface area contributed by atoms with Gasteiger partial charge in [0.05, 0.1) is 0 Å². The average molecular weight is 430 g/mol. The molecule has 4 atom stereocenters. The number of imidazole rings is 1. The molecule has 1 aliphatic heterocycles. The van der Waals surface area contributed by atoms with Gasteiger partial charge in [-0.1, -0.05) is 0 Å². The number of anilines is 1. The molecule has 142 valence electrons. The van der Waals surface area contributed by atoms with Crippen molar-refractivity contribution in [1.29, 1.82) is 0 Å². The molecule has 26 heavy (non-hydrogen) atoms. The molecular formula is C15H21N5O5Se. The summed E-state index contributed by atoms with van der Waals surface area (Å²) in [7, 11) is 0. The van der Waals surface area contributed by atoms with E-state index < -0.39 is 24.0 Å². The Bertz CT molecular complexity index is 866. The third-order valence-corrected chi connectivity index (χ3v) is 6.45. The zero-order valence-corrected chi connectivity index (χ0v) is 16.3. The van der Waals surface area contributed by atoms with Crippen molar-refractivity contribution in [3.63, 3.8) is 0 Å². The number of hydrogen-bond donors (Lipinski definition) is 4. The van der Waals surface area contributed by atoms with Crippen molar-refractivity contribution >= 4 is 38.0 Å². The number of nitrogens with one attached hydrogen (secondary N) is 2. The third kappa shape index (κ3) is 3.28. The number of aromatic nitrogens is 4. The summed E-state index contributed by atoms with van der Waals surface area (Å²) in [6.07, 6.45) is -0.683. The molecule has 3 rings (SSSR count). The Morgan fingerprint density at radius 3 is 2.88 bits per heavy atom. The predicted molar refractivity (Wildman–Crippen MR) is 94.0 cm³/mol. The molecule has 1 saturated heterocycles. The second kappa shape index (κ2) is 7.45. The monoisotopic (exact) mass is 431 g/mol. The number of hydrogen-bond acceptors (Lipinski definition) is 7. The van der Waals surface area contributed by atoms with Gasteiger partial charge >= 0.3 is 155 Å². The summed E-state index contributed by atoms with van der Waals surface area (Å²) in [5.74, 6) is 1.44. The Balaban J connectivity index is 2.03. The maximum absolute atomic E-state index is 12.3. The van der Waals surface area contributed by atoms with Crippen LogP contribution in [0.3, 0.4) is 0 Å². The summed E-state index contributed by atoms with van der Waals surface area (Å²) in [5.41, 5.74) is -0.123. The number of carbonyl (C=O) groups excluding carboxylic acids is 1. The van der Waals surface area contributed by atoms with Crippen LogP contribution in [-0.2, 0) is 9.53 Å². The molecular weight excluding hydrogens is 409 g/mol. The first-order chi connectivity index (χ1) is 12.4. The molecule has 0 radical (unpaired) electrons. The summed E-state index contributed by atoms with van der Waals surface area (Å²) in [6.45, 7) is 3.15. The molecule has 1 fully saturated rings. The van der Waals surface area contributed by atoms with Gasteiger partial charge in [-0.2, -0.15) is 0 Å². The summed E-state index contributed by atoms with van der Waals surface area (Å²) in [5, 5.41) is 22.3. The molecule has 0 unspecified atom stereocenters. The molecule has 0 spiro atoms. The second-order valence-electron chi connectivity index (χ2n) is 6.32. The van der Waals surface area contributed by atoms with Gasteiger partial charge in [-0.05, 0) is 0 Å². The molecule has 0 aromatic carbocycles. The van der Waals surface area contributed by atoms with Gasteiger partial charge in [-0.15, -0.1) is 0 Å². The van der Waals surface area contributed by atoms with E-state index in [1.807, 2.05) is 5.82 Å². The number of aliphatic hydroxyl groups is 2. The van der Waals surface area contributed by atoms with E-state index in [2.05, 4.69) is 20.3 Å². The van der Waals surface area contributed by atoms with Crippen LogP contribution in [0.2, 0.25) is 10.6 Å². The molecule has 2 aromatic rings. The minimum atomic E-state index is -0.811. The Kier molecular flexibility index (Phi) is 5.44. The van der Waals surface area contributed by atoms with Crippen LogP contribution in [0.4, 0.5) is 5.95 Å². The molecule has 1 aliphatic rings. The van der Waals surface area contributed by atoms with Gasteiger partial charge in [0, 0.05) is 0 Å². The van der Waals surface area contributed by atoms with Crippen molar-refractivity contribution in [2.75, 3.05) is 11.9 Å². The number of aromatic amines is 1. The standard InChI is InChI=1S/C15H21N5O5Se/c1-6(2)12(23)18-15-17-11-8(13(24)19-15)16-5-20(11)14-10(26-3)9(22)7(4-21)25-14/h5-7,9-10,14,21-22H,4H2,1-3H3,(H2,17,18,19,23,24)/t7-,9-,10-,14-/m1/s1. The molecule has 3 heterocycles. The third-order valence-electron chi connectivity index (χ3n) is 4.24. The van der Waals surface area contributed by atoms with Gasteiger partial charge in [0.25, 0.3) is 0 Å². The van der Waals surface area contributed by atoms with E-state index >= 15 is 0 Å². The number of H-pyrrole nitrogens is 1. The molecule has 4 N–H and O–H groups in total. The van der Waals surface area contributed by atoms with Gasteiger partial charge in [0.1, 0.15) is 0 Å². The van der Waals surface area contributed by atoms with Crippen molar-refractivity contribution in [2.45, 2.75) is 42.9 Å². The number of aliphatic hydroxyl groups excluding tert-OH is 2. The van der Waals surface area contributed by atoms with Gasteiger partial charge in [0.2, 0.25) is 0 Å². The molecule has 10 nitrogen and oxygen atoms in total. The zero-order chi connectivity index (χ0) is 19.0. The maximum atomic E-state index is 12.3. The summed E-state index contributed by atoms with van der Waals surface area (Å²) < 4.78 is 7.35. The van der Waals surface area contributed by atoms with Crippen LogP contribution < -0.4 is 10.9 Å². The minimum absolute atomic E-state index is 0.0144. The van der Waals surface area contributed by atoms with Gasteiger partial charge < -0.3 is 0 Å². The Labute approximate surface area is 155 Å². The number of ether oxygens (including phenoxy) is 1. The van der Waals surface area contributed by atoms with E-state index in [9.17, 15) is 19.8 Å². The van der Waals surface area contributed by atoms with E-state index in [-0.39, 0.29) is 55.3 Å². The Morgan fingerprint density at radius 2 is 2.27 bits per heavy atom. The van der Waals surface area contributed by atoms with E-state index in [4.69, 9.17) is 4.74 Å². The average Bonchev–Trinajstić information content (AvgIpc) is 3.15. The zero-order valence-electron chi connectivity index (χ0n) is 14.5. The molecule has 11 heteroatoms. The summed E-state index contributed by atoms with van der Waals surface area (Å²) >= 11 is 0.0144. The number of nitrogens with zero attached hydrogens (tertiary/aromatic N) is 3. The fraction of sp³-hybridized carbons (Fsp3) is 0.600. The van der Waals surface area contributed by atoms with Crippen LogP contribution in [0.5, 0.6) is 0 Å². The van der Waals surface area contributed by atoms with Crippen LogP contribution in [0, 0.1) is 5.92 Å². The predicted octanol–water partition coefficient (Wildman–Crippen LogP) is -0.494. The molecule has 0 bridgehead atoms.